The molecule has 0 unspecified atom stereocenters. The molecule has 4 nitrogen and oxygen atoms in total. The molecule has 0 bridgehead atoms. The number of aliphatic hydroxyl groups excluding tert-OH is 1. The maximum atomic E-state index is 9.11. The number of hydrogen-bond acceptors (Lipinski definition) is 5. The van der Waals surface area contributed by atoms with Gasteiger partial charge in [-0.05, 0) is 50.2 Å². The summed E-state index contributed by atoms with van der Waals surface area (Å²) in [6, 6.07) is 1.95. The maximum Gasteiger partial charge on any atom is 0.491 e. The summed E-state index contributed by atoms with van der Waals surface area (Å²) in [6.45, 7) is 8.53. The molecule has 1 aromatic rings. The number of hydrogen-bond donors (Lipinski definition) is 2. The van der Waals surface area contributed by atoms with E-state index in [2.05, 4.69) is 0 Å². The Kier molecular flexibility index (Phi) is 4.42. The number of thiophene rings is 1. The second-order valence-electron chi connectivity index (χ2n) is 6.02. The Labute approximate surface area is 124 Å². The van der Waals surface area contributed by atoms with Gasteiger partial charge in [-0.15, -0.1) is 11.3 Å². The van der Waals surface area contributed by atoms with Gasteiger partial charge in [0.1, 0.15) is 0 Å². The maximum absolute atomic E-state index is 9.11. The van der Waals surface area contributed by atoms with Gasteiger partial charge in [0.15, 0.2) is 0 Å². The third-order valence-electron chi connectivity index (χ3n) is 3.97. The molecule has 0 atom stereocenters. The van der Waals surface area contributed by atoms with Crippen LogP contribution in [0.1, 0.15) is 38.1 Å². The van der Waals surface area contributed by atoms with E-state index in [0.717, 1.165) is 15.9 Å². The molecule has 110 valence electrons. The smallest absolute Gasteiger partial charge is 0.400 e. The summed E-state index contributed by atoms with van der Waals surface area (Å²) in [5.74, 6) is 0. The molecule has 1 aromatic heterocycles. The van der Waals surface area contributed by atoms with Gasteiger partial charge in [0, 0.05) is 11.4 Å². The van der Waals surface area contributed by atoms with E-state index in [0.29, 0.717) is 6.54 Å². The molecule has 1 saturated heterocycles. The van der Waals surface area contributed by atoms with E-state index >= 15 is 0 Å². The Hall–Kier alpha value is -0.655. The number of rotatable bonds is 4. The van der Waals surface area contributed by atoms with E-state index < -0.39 is 7.12 Å². The molecular formula is C14H22BNO3S. The molecule has 0 spiro atoms. The van der Waals surface area contributed by atoms with Crippen LogP contribution < -0.4 is 5.73 Å². The first-order chi connectivity index (χ1) is 9.29. The molecule has 2 heterocycles. The van der Waals surface area contributed by atoms with Crippen molar-refractivity contribution in [2.45, 2.75) is 45.5 Å². The first-order valence-corrected chi connectivity index (χ1v) is 7.61. The van der Waals surface area contributed by atoms with Crippen LogP contribution in [-0.2, 0) is 15.9 Å². The van der Waals surface area contributed by atoms with Crippen LogP contribution in [0.2, 0.25) is 0 Å². The highest BCUT2D eigenvalue weighted by Gasteiger charge is 2.52. The van der Waals surface area contributed by atoms with Crippen LogP contribution in [0.4, 0.5) is 0 Å². The standard InChI is InChI=1S/C14H22BNO3S/c1-13(2)14(3,4)19-15(18-13)11(7-16)5-10-6-12(8-17)20-9-10/h5-6,9,17H,7-8,16H2,1-4H3. The molecule has 2 rings (SSSR count). The number of nitrogens with two attached hydrogens (primary N) is 1. The predicted molar refractivity (Wildman–Crippen MR) is 83.4 cm³/mol. The minimum Gasteiger partial charge on any atom is -0.400 e. The van der Waals surface area contributed by atoms with Crippen LogP contribution in [0.5, 0.6) is 0 Å². The van der Waals surface area contributed by atoms with Crippen LogP contribution >= 0.6 is 11.3 Å². The quantitative estimate of drug-likeness (QED) is 0.836. The lowest BCUT2D eigenvalue weighted by atomic mass is 9.77. The Balaban J connectivity index is 2.21. The van der Waals surface area contributed by atoms with E-state index in [1.165, 1.54) is 11.3 Å². The van der Waals surface area contributed by atoms with Crippen LogP contribution in [0.25, 0.3) is 6.08 Å². The fraction of sp³-hybridized carbons (Fsp3) is 0.571. The number of aliphatic hydroxyl groups is 1. The van der Waals surface area contributed by atoms with Gasteiger partial charge in [0.25, 0.3) is 0 Å². The van der Waals surface area contributed by atoms with Crippen molar-refractivity contribution >= 4 is 24.5 Å². The van der Waals surface area contributed by atoms with Gasteiger partial charge in [-0.25, -0.2) is 0 Å². The highest BCUT2D eigenvalue weighted by Crippen LogP contribution is 2.38. The second-order valence-corrected chi connectivity index (χ2v) is 7.01. The fourth-order valence-corrected chi connectivity index (χ4v) is 2.69. The average molecular weight is 295 g/mol. The summed E-state index contributed by atoms with van der Waals surface area (Å²) in [5.41, 5.74) is 7.04. The molecule has 0 amide bonds. The molecule has 0 aliphatic carbocycles. The van der Waals surface area contributed by atoms with E-state index in [-0.39, 0.29) is 17.8 Å². The fourth-order valence-electron chi connectivity index (χ4n) is 1.99. The van der Waals surface area contributed by atoms with Crippen LogP contribution in [0.15, 0.2) is 16.9 Å². The Morgan fingerprint density at radius 1 is 1.35 bits per heavy atom. The highest BCUT2D eigenvalue weighted by atomic mass is 32.1. The summed E-state index contributed by atoms with van der Waals surface area (Å²) in [6.07, 6.45) is 1.98. The van der Waals surface area contributed by atoms with Crippen molar-refractivity contribution in [2.75, 3.05) is 6.54 Å². The van der Waals surface area contributed by atoms with Gasteiger partial charge >= 0.3 is 7.12 Å². The molecule has 20 heavy (non-hydrogen) atoms. The zero-order chi connectivity index (χ0) is 15.0. The van der Waals surface area contributed by atoms with Gasteiger partial charge < -0.3 is 20.1 Å². The third-order valence-corrected chi connectivity index (χ3v) is 4.91. The summed E-state index contributed by atoms with van der Waals surface area (Å²) in [4.78, 5) is 0.932. The predicted octanol–water partition coefficient (Wildman–Crippen LogP) is 2.21. The lowest BCUT2D eigenvalue weighted by molar-refractivity contribution is 0.00578. The van der Waals surface area contributed by atoms with Crippen molar-refractivity contribution in [3.8, 4) is 0 Å². The van der Waals surface area contributed by atoms with Gasteiger partial charge in [-0.3, -0.25) is 0 Å². The monoisotopic (exact) mass is 295 g/mol. The van der Waals surface area contributed by atoms with Crippen molar-refractivity contribution in [1.82, 2.24) is 0 Å². The van der Waals surface area contributed by atoms with Crippen molar-refractivity contribution in [3.05, 3.63) is 27.4 Å². The Morgan fingerprint density at radius 3 is 2.40 bits per heavy atom. The van der Waals surface area contributed by atoms with Crippen LogP contribution in [0.3, 0.4) is 0 Å². The van der Waals surface area contributed by atoms with Crippen molar-refractivity contribution in [2.24, 2.45) is 5.73 Å². The molecule has 0 aromatic carbocycles. The molecular weight excluding hydrogens is 273 g/mol. The molecule has 1 aliphatic heterocycles. The van der Waals surface area contributed by atoms with E-state index in [1.54, 1.807) is 0 Å². The zero-order valence-electron chi connectivity index (χ0n) is 12.5. The minimum absolute atomic E-state index is 0.0625. The van der Waals surface area contributed by atoms with Gasteiger partial charge in [-0.2, -0.15) is 0 Å². The third kappa shape index (κ3) is 2.99. The molecule has 6 heteroatoms. The molecule has 0 radical (unpaired) electrons. The van der Waals surface area contributed by atoms with Crippen molar-refractivity contribution < 1.29 is 14.4 Å². The van der Waals surface area contributed by atoms with Gasteiger partial charge in [0.2, 0.25) is 0 Å². The largest absolute Gasteiger partial charge is 0.491 e. The zero-order valence-corrected chi connectivity index (χ0v) is 13.3. The van der Waals surface area contributed by atoms with Crippen LogP contribution in [-0.4, -0.2) is 30.0 Å². The molecule has 1 fully saturated rings. The van der Waals surface area contributed by atoms with E-state index in [1.807, 2.05) is 45.2 Å². The summed E-state index contributed by atoms with van der Waals surface area (Å²) >= 11 is 1.53. The molecule has 3 N–H and O–H groups in total. The SMILES string of the molecule is CC1(C)OB(C(=Cc2csc(CO)c2)CN)OC1(C)C. The molecule has 1 aliphatic rings. The second kappa shape index (κ2) is 5.62. The Bertz CT molecular complexity index is 494. The minimum atomic E-state index is -0.414. The van der Waals surface area contributed by atoms with Gasteiger partial charge in [-0.1, -0.05) is 6.08 Å². The normalized spacial score (nSPS) is 21.5. The van der Waals surface area contributed by atoms with E-state index in [9.17, 15) is 0 Å². The van der Waals surface area contributed by atoms with E-state index in [4.69, 9.17) is 20.1 Å². The van der Waals surface area contributed by atoms with Crippen LogP contribution in [0, 0.1) is 0 Å². The summed E-state index contributed by atoms with van der Waals surface area (Å²) < 4.78 is 12.0. The lowest BCUT2D eigenvalue weighted by Gasteiger charge is -2.32. The first-order valence-electron chi connectivity index (χ1n) is 6.73. The summed E-state index contributed by atoms with van der Waals surface area (Å²) in [7, 11) is -0.414. The summed E-state index contributed by atoms with van der Waals surface area (Å²) in [5, 5.41) is 11.1. The Morgan fingerprint density at radius 2 is 1.95 bits per heavy atom. The topological polar surface area (TPSA) is 64.7 Å². The first kappa shape index (κ1) is 15.7. The highest BCUT2D eigenvalue weighted by molar-refractivity contribution is 7.10. The molecule has 0 saturated carbocycles. The van der Waals surface area contributed by atoms with Gasteiger partial charge in [0.05, 0.1) is 17.8 Å². The van der Waals surface area contributed by atoms with Crippen molar-refractivity contribution in [1.29, 1.82) is 0 Å². The van der Waals surface area contributed by atoms with Crippen molar-refractivity contribution in [3.63, 3.8) is 0 Å². The lowest BCUT2D eigenvalue weighted by Crippen LogP contribution is -2.41. The average Bonchev–Trinajstić information content (AvgIpc) is 2.89.